The van der Waals surface area contributed by atoms with Crippen LogP contribution in [0, 0.1) is 11.3 Å². The Bertz CT molecular complexity index is 399. The van der Waals surface area contributed by atoms with Crippen LogP contribution in [0.1, 0.15) is 31.2 Å². The Morgan fingerprint density at radius 3 is 2.29 bits per heavy atom. The molecule has 0 radical (unpaired) electrons. The third-order valence-corrected chi connectivity index (χ3v) is 3.62. The quantitative estimate of drug-likeness (QED) is 0.848. The predicted octanol–water partition coefficient (Wildman–Crippen LogP) is 2.30. The summed E-state index contributed by atoms with van der Waals surface area (Å²) in [5.74, 6) is 0. The van der Waals surface area contributed by atoms with Crippen molar-refractivity contribution in [2.45, 2.75) is 37.8 Å². The van der Waals surface area contributed by atoms with Crippen molar-refractivity contribution in [3.8, 4) is 6.07 Å². The number of rotatable bonds is 2. The van der Waals surface area contributed by atoms with Gasteiger partial charge in [0, 0.05) is 18.8 Å². The van der Waals surface area contributed by atoms with Crippen molar-refractivity contribution in [1.82, 2.24) is 0 Å². The summed E-state index contributed by atoms with van der Waals surface area (Å²) < 4.78 is 0. The lowest BCUT2D eigenvalue weighted by Gasteiger charge is -2.34. The van der Waals surface area contributed by atoms with Crippen molar-refractivity contribution < 1.29 is 5.11 Å². The number of benzene rings is 1. The minimum atomic E-state index is -0.111. The topological polar surface area (TPSA) is 47.3 Å². The average Bonchev–Trinajstić information content (AvgIpc) is 2.39. The highest BCUT2D eigenvalue weighted by atomic mass is 16.3. The van der Waals surface area contributed by atoms with E-state index in [1.807, 2.05) is 24.3 Å². The molecule has 0 unspecified atom stereocenters. The number of anilines is 1. The maximum atomic E-state index is 9.49. The molecular formula is C14H18N2O. The van der Waals surface area contributed by atoms with Crippen LogP contribution in [-0.2, 0) is 0 Å². The molecule has 2 rings (SSSR count). The molecule has 0 amide bonds. The number of aliphatic hydroxyl groups is 1. The Morgan fingerprint density at radius 1 is 1.18 bits per heavy atom. The summed E-state index contributed by atoms with van der Waals surface area (Å²) >= 11 is 0. The van der Waals surface area contributed by atoms with Gasteiger partial charge in [-0.05, 0) is 49.9 Å². The van der Waals surface area contributed by atoms with Gasteiger partial charge in [0.05, 0.1) is 17.7 Å². The molecule has 0 aromatic heterocycles. The maximum Gasteiger partial charge on any atom is 0.0991 e. The Hall–Kier alpha value is -1.53. The molecule has 0 spiro atoms. The Kier molecular flexibility index (Phi) is 3.65. The van der Waals surface area contributed by atoms with Crippen molar-refractivity contribution in [2.75, 3.05) is 11.9 Å². The van der Waals surface area contributed by atoms with Gasteiger partial charge in [-0.25, -0.2) is 0 Å². The van der Waals surface area contributed by atoms with Crippen LogP contribution < -0.4 is 4.90 Å². The zero-order valence-corrected chi connectivity index (χ0v) is 10.1. The normalized spacial score (nSPS) is 24.1. The van der Waals surface area contributed by atoms with Crippen molar-refractivity contribution in [3.05, 3.63) is 29.8 Å². The van der Waals surface area contributed by atoms with E-state index < -0.39 is 0 Å². The summed E-state index contributed by atoms with van der Waals surface area (Å²) in [5.41, 5.74) is 1.84. The fourth-order valence-corrected chi connectivity index (χ4v) is 2.43. The maximum absolute atomic E-state index is 9.49. The molecule has 0 atom stereocenters. The number of hydrogen-bond acceptors (Lipinski definition) is 3. The minimum absolute atomic E-state index is 0.111. The summed E-state index contributed by atoms with van der Waals surface area (Å²) in [6, 6.07) is 10.3. The number of hydrogen-bond donors (Lipinski definition) is 1. The molecule has 1 aliphatic carbocycles. The first-order valence-corrected chi connectivity index (χ1v) is 6.12. The Labute approximate surface area is 102 Å². The van der Waals surface area contributed by atoms with E-state index in [0.717, 1.165) is 31.4 Å². The molecule has 1 aromatic carbocycles. The van der Waals surface area contributed by atoms with E-state index in [1.54, 1.807) is 0 Å². The van der Waals surface area contributed by atoms with Gasteiger partial charge in [-0.2, -0.15) is 5.26 Å². The molecule has 90 valence electrons. The zero-order valence-electron chi connectivity index (χ0n) is 10.1. The summed E-state index contributed by atoms with van der Waals surface area (Å²) in [4.78, 5) is 2.26. The first-order valence-electron chi connectivity index (χ1n) is 6.12. The van der Waals surface area contributed by atoms with Crippen molar-refractivity contribution in [2.24, 2.45) is 0 Å². The molecule has 1 saturated carbocycles. The van der Waals surface area contributed by atoms with Gasteiger partial charge in [0.25, 0.3) is 0 Å². The highest BCUT2D eigenvalue weighted by Crippen LogP contribution is 2.26. The van der Waals surface area contributed by atoms with Gasteiger partial charge in [-0.1, -0.05) is 0 Å². The predicted molar refractivity (Wildman–Crippen MR) is 67.8 cm³/mol. The third-order valence-electron chi connectivity index (χ3n) is 3.62. The summed E-state index contributed by atoms with van der Waals surface area (Å²) in [7, 11) is 2.09. The van der Waals surface area contributed by atoms with Crippen LogP contribution in [0.15, 0.2) is 24.3 Å². The van der Waals surface area contributed by atoms with E-state index in [-0.39, 0.29) is 6.10 Å². The van der Waals surface area contributed by atoms with E-state index in [2.05, 4.69) is 18.0 Å². The van der Waals surface area contributed by atoms with Gasteiger partial charge < -0.3 is 10.0 Å². The molecule has 1 aromatic rings. The number of nitriles is 1. The van der Waals surface area contributed by atoms with E-state index in [0.29, 0.717) is 11.6 Å². The molecule has 0 aliphatic heterocycles. The van der Waals surface area contributed by atoms with Crippen molar-refractivity contribution >= 4 is 5.69 Å². The third kappa shape index (κ3) is 2.78. The molecule has 1 N–H and O–H groups in total. The van der Waals surface area contributed by atoms with Gasteiger partial charge >= 0.3 is 0 Å². The van der Waals surface area contributed by atoms with Crippen LogP contribution in [0.25, 0.3) is 0 Å². The van der Waals surface area contributed by atoms with Crippen molar-refractivity contribution in [3.63, 3.8) is 0 Å². The highest BCUT2D eigenvalue weighted by Gasteiger charge is 2.22. The molecular weight excluding hydrogens is 212 g/mol. The summed E-state index contributed by atoms with van der Waals surface area (Å²) in [5, 5.41) is 18.2. The SMILES string of the molecule is CN(c1ccc(C#N)cc1)C1CCC(O)CC1. The standard InChI is InChI=1S/C14H18N2O/c1-16(13-6-8-14(17)9-7-13)12-4-2-11(10-15)3-5-12/h2-5,13-14,17H,6-9H2,1H3. The van der Waals surface area contributed by atoms with E-state index in [4.69, 9.17) is 5.26 Å². The second-order valence-corrected chi connectivity index (χ2v) is 4.73. The first kappa shape index (κ1) is 11.9. The van der Waals surface area contributed by atoms with Crippen LogP contribution in [0.4, 0.5) is 5.69 Å². The monoisotopic (exact) mass is 230 g/mol. The molecule has 1 aliphatic rings. The minimum Gasteiger partial charge on any atom is -0.393 e. The second-order valence-electron chi connectivity index (χ2n) is 4.73. The lowest BCUT2D eigenvalue weighted by molar-refractivity contribution is 0.122. The molecule has 1 fully saturated rings. The van der Waals surface area contributed by atoms with Crippen LogP contribution in [0.5, 0.6) is 0 Å². The van der Waals surface area contributed by atoms with E-state index in [1.165, 1.54) is 0 Å². The molecule has 0 heterocycles. The number of aliphatic hydroxyl groups excluding tert-OH is 1. The smallest absolute Gasteiger partial charge is 0.0991 e. The van der Waals surface area contributed by atoms with Gasteiger partial charge in [0.1, 0.15) is 0 Å². The zero-order chi connectivity index (χ0) is 12.3. The van der Waals surface area contributed by atoms with Gasteiger partial charge in [0.15, 0.2) is 0 Å². The molecule has 0 bridgehead atoms. The largest absolute Gasteiger partial charge is 0.393 e. The van der Waals surface area contributed by atoms with Crippen LogP contribution >= 0.6 is 0 Å². The van der Waals surface area contributed by atoms with Crippen LogP contribution in [0.2, 0.25) is 0 Å². The summed E-state index contributed by atoms with van der Waals surface area (Å²) in [6.45, 7) is 0. The summed E-state index contributed by atoms with van der Waals surface area (Å²) in [6.07, 6.45) is 3.76. The second kappa shape index (κ2) is 5.20. The van der Waals surface area contributed by atoms with Crippen LogP contribution in [-0.4, -0.2) is 24.3 Å². The van der Waals surface area contributed by atoms with Gasteiger partial charge in [0.2, 0.25) is 0 Å². The Morgan fingerprint density at radius 2 is 1.76 bits per heavy atom. The Balaban J connectivity index is 2.03. The highest BCUT2D eigenvalue weighted by molar-refractivity contribution is 5.49. The van der Waals surface area contributed by atoms with Gasteiger partial charge in [-0.15, -0.1) is 0 Å². The molecule has 3 nitrogen and oxygen atoms in total. The van der Waals surface area contributed by atoms with Crippen LogP contribution in [0.3, 0.4) is 0 Å². The fraction of sp³-hybridized carbons (Fsp3) is 0.500. The lowest BCUT2D eigenvalue weighted by Crippen LogP contribution is -2.36. The molecule has 0 saturated heterocycles. The molecule has 3 heteroatoms. The van der Waals surface area contributed by atoms with Crippen molar-refractivity contribution in [1.29, 1.82) is 5.26 Å². The average molecular weight is 230 g/mol. The van der Waals surface area contributed by atoms with E-state index in [9.17, 15) is 5.11 Å². The lowest BCUT2D eigenvalue weighted by atomic mass is 9.92. The van der Waals surface area contributed by atoms with E-state index >= 15 is 0 Å². The van der Waals surface area contributed by atoms with Gasteiger partial charge in [-0.3, -0.25) is 0 Å². The molecule has 17 heavy (non-hydrogen) atoms. The first-order chi connectivity index (χ1) is 8.20. The fourth-order valence-electron chi connectivity index (χ4n) is 2.43. The number of nitrogens with zero attached hydrogens (tertiary/aromatic N) is 2.